The number of alkyl halides is 6. The highest BCUT2D eigenvalue weighted by molar-refractivity contribution is 5.94. The molecule has 0 aliphatic rings. The van der Waals surface area contributed by atoms with E-state index < -0.39 is 40.9 Å². The number of esters is 1. The van der Waals surface area contributed by atoms with Gasteiger partial charge in [-0.2, -0.15) is 13.2 Å². The van der Waals surface area contributed by atoms with Gasteiger partial charge in [0.25, 0.3) is 5.56 Å². The Morgan fingerprint density at radius 3 is 2.15 bits per heavy atom. The third-order valence-electron chi connectivity index (χ3n) is 1.96. The molecule has 0 saturated carbocycles. The summed E-state index contributed by atoms with van der Waals surface area (Å²) in [5, 5.41) is 0. The Morgan fingerprint density at radius 2 is 1.75 bits per heavy atom. The van der Waals surface area contributed by atoms with Crippen molar-refractivity contribution in [2.45, 2.75) is 12.5 Å². The van der Waals surface area contributed by atoms with Gasteiger partial charge in [0.1, 0.15) is 11.1 Å². The molecule has 1 rings (SSSR count). The van der Waals surface area contributed by atoms with Crippen LogP contribution in [-0.2, 0) is 10.9 Å². The van der Waals surface area contributed by atoms with Crippen LogP contribution < -0.4 is 10.3 Å². The van der Waals surface area contributed by atoms with Crippen molar-refractivity contribution in [3.05, 3.63) is 27.7 Å². The highest BCUT2D eigenvalue weighted by atomic mass is 19.4. The zero-order valence-electron chi connectivity index (χ0n) is 9.48. The standard InChI is InChI=1S/C9H5F6NO4/c1-19-7(18)4-3(20-9(13,14)15)2-16-6(17)5(4)8(10,11)12/h2H,1H3,(H,16,17). The highest BCUT2D eigenvalue weighted by Crippen LogP contribution is 2.35. The number of hydrogen-bond acceptors (Lipinski definition) is 4. The Labute approximate surface area is 106 Å². The van der Waals surface area contributed by atoms with Gasteiger partial charge in [-0.1, -0.05) is 0 Å². The fraction of sp³-hybridized carbons (Fsp3) is 0.333. The lowest BCUT2D eigenvalue weighted by molar-refractivity contribution is -0.275. The number of pyridine rings is 1. The van der Waals surface area contributed by atoms with Gasteiger partial charge in [0.2, 0.25) is 0 Å². The number of H-pyrrole nitrogens is 1. The molecule has 0 aliphatic heterocycles. The summed E-state index contributed by atoms with van der Waals surface area (Å²) in [7, 11) is 0.640. The van der Waals surface area contributed by atoms with Crippen molar-refractivity contribution in [1.82, 2.24) is 4.98 Å². The maximum atomic E-state index is 12.7. The van der Waals surface area contributed by atoms with E-state index in [-0.39, 0.29) is 6.20 Å². The summed E-state index contributed by atoms with van der Waals surface area (Å²) < 4.78 is 81.4. The molecule has 0 saturated heterocycles. The summed E-state index contributed by atoms with van der Waals surface area (Å²) in [5.74, 6) is -3.31. The third-order valence-corrected chi connectivity index (χ3v) is 1.96. The van der Waals surface area contributed by atoms with Gasteiger partial charge in [-0.15, -0.1) is 13.2 Å². The third kappa shape index (κ3) is 3.42. The van der Waals surface area contributed by atoms with Gasteiger partial charge in [-0.3, -0.25) is 4.79 Å². The Morgan fingerprint density at radius 1 is 1.20 bits per heavy atom. The molecule has 0 radical (unpaired) electrons. The average molecular weight is 305 g/mol. The number of rotatable bonds is 2. The predicted molar refractivity (Wildman–Crippen MR) is 50.1 cm³/mol. The maximum Gasteiger partial charge on any atom is 0.573 e. The summed E-state index contributed by atoms with van der Waals surface area (Å²) in [6, 6.07) is 0. The molecule has 112 valence electrons. The van der Waals surface area contributed by atoms with Crippen molar-refractivity contribution < 1.29 is 40.6 Å². The minimum atomic E-state index is -5.37. The van der Waals surface area contributed by atoms with Crippen LogP contribution in [0.5, 0.6) is 5.75 Å². The van der Waals surface area contributed by atoms with Crippen LogP contribution in [0.2, 0.25) is 0 Å². The second-order valence-electron chi connectivity index (χ2n) is 3.27. The van der Waals surface area contributed by atoms with Crippen LogP contribution in [0.4, 0.5) is 26.3 Å². The molecule has 5 nitrogen and oxygen atoms in total. The SMILES string of the molecule is COC(=O)c1c(OC(F)(F)F)c[nH]c(=O)c1C(F)(F)F. The topological polar surface area (TPSA) is 68.4 Å². The first-order valence-corrected chi connectivity index (χ1v) is 4.64. The van der Waals surface area contributed by atoms with Crippen LogP contribution in [0.1, 0.15) is 15.9 Å². The Balaban J connectivity index is 3.63. The molecule has 1 aromatic heterocycles. The Hall–Kier alpha value is -2.20. The van der Waals surface area contributed by atoms with Crippen LogP contribution in [-0.4, -0.2) is 24.4 Å². The molecule has 0 fully saturated rings. The lowest BCUT2D eigenvalue weighted by Crippen LogP contribution is -2.29. The Kier molecular flexibility index (Phi) is 4.01. The quantitative estimate of drug-likeness (QED) is 0.671. The fourth-order valence-electron chi connectivity index (χ4n) is 1.29. The normalized spacial score (nSPS) is 12.2. The summed E-state index contributed by atoms with van der Waals surface area (Å²) in [4.78, 5) is 23.7. The molecule has 0 aliphatic carbocycles. The van der Waals surface area contributed by atoms with E-state index in [1.165, 1.54) is 4.98 Å². The number of aromatic amines is 1. The van der Waals surface area contributed by atoms with E-state index in [0.717, 1.165) is 0 Å². The molecule has 0 unspecified atom stereocenters. The summed E-state index contributed by atoms with van der Waals surface area (Å²) >= 11 is 0. The molecular weight excluding hydrogens is 300 g/mol. The lowest BCUT2D eigenvalue weighted by Gasteiger charge is -2.15. The largest absolute Gasteiger partial charge is 0.573 e. The molecule has 0 spiro atoms. The number of methoxy groups -OCH3 is 1. The van der Waals surface area contributed by atoms with Gasteiger partial charge in [0.15, 0.2) is 5.75 Å². The first-order chi connectivity index (χ1) is 8.97. The number of carbonyl (C=O) groups excluding carboxylic acids is 1. The van der Waals surface area contributed by atoms with E-state index in [1.54, 1.807) is 0 Å². The molecule has 11 heteroatoms. The van der Waals surface area contributed by atoms with Crippen LogP contribution in [0.25, 0.3) is 0 Å². The maximum absolute atomic E-state index is 12.7. The molecule has 0 bridgehead atoms. The first kappa shape index (κ1) is 15.9. The number of ether oxygens (including phenoxy) is 2. The van der Waals surface area contributed by atoms with Crippen LogP contribution >= 0.6 is 0 Å². The predicted octanol–water partition coefficient (Wildman–Crippen LogP) is 2.08. The van der Waals surface area contributed by atoms with Crippen LogP contribution in [0.15, 0.2) is 11.0 Å². The zero-order valence-corrected chi connectivity index (χ0v) is 9.48. The summed E-state index contributed by atoms with van der Waals surface area (Å²) in [5.41, 5.74) is -5.58. The molecule has 0 atom stereocenters. The van der Waals surface area contributed by atoms with Gasteiger partial charge in [-0.05, 0) is 0 Å². The smallest absolute Gasteiger partial charge is 0.465 e. The number of carbonyl (C=O) groups is 1. The molecule has 1 N–H and O–H groups in total. The number of nitrogens with one attached hydrogen (secondary N) is 1. The minimum Gasteiger partial charge on any atom is -0.465 e. The second kappa shape index (κ2) is 5.06. The first-order valence-electron chi connectivity index (χ1n) is 4.64. The summed E-state index contributed by atoms with van der Waals surface area (Å²) in [6.07, 6.45) is -10.5. The van der Waals surface area contributed by atoms with Gasteiger partial charge < -0.3 is 14.5 Å². The number of halogens is 6. The number of aromatic nitrogens is 1. The monoisotopic (exact) mass is 305 g/mol. The van der Waals surface area contributed by atoms with E-state index in [9.17, 15) is 35.9 Å². The van der Waals surface area contributed by atoms with Gasteiger partial charge in [-0.25, -0.2) is 4.79 Å². The van der Waals surface area contributed by atoms with Gasteiger partial charge in [0, 0.05) is 6.20 Å². The summed E-state index contributed by atoms with van der Waals surface area (Å²) in [6.45, 7) is 0. The van der Waals surface area contributed by atoms with Crippen molar-refractivity contribution in [2.75, 3.05) is 7.11 Å². The van der Waals surface area contributed by atoms with Crippen LogP contribution in [0.3, 0.4) is 0 Å². The molecular formula is C9H5F6NO4. The van der Waals surface area contributed by atoms with Crippen molar-refractivity contribution >= 4 is 5.97 Å². The van der Waals surface area contributed by atoms with Gasteiger partial charge >= 0.3 is 18.5 Å². The van der Waals surface area contributed by atoms with E-state index >= 15 is 0 Å². The van der Waals surface area contributed by atoms with Crippen LogP contribution in [0, 0.1) is 0 Å². The molecule has 0 amide bonds. The molecule has 0 aromatic carbocycles. The minimum absolute atomic E-state index is 0.192. The fourth-order valence-corrected chi connectivity index (χ4v) is 1.29. The van der Waals surface area contributed by atoms with Crippen molar-refractivity contribution in [2.24, 2.45) is 0 Å². The second-order valence-corrected chi connectivity index (χ2v) is 3.27. The van der Waals surface area contributed by atoms with Gasteiger partial charge in [0.05, 0.1) is 7.11 Å². The van der Waals surface area contributed by atoms with Crippen molar-refractivity contribution in [3.8, 4) is 5.75 Å². The molecule has 20 heavy (non-hydrogen) atoms. The average Bonchev–Trinajstić information content (AvgIpc) is 2.26. The van der Waals surface area contributed by atoms with E-state index in [0.29, 0.717) is 7.11 Å². The van der Waals surface area contributed by atoms with Crippen molar-refractivity contribution in [3.63, 3.8) is 0 Å². The molecule has 1 aromatic rings. The van der Waals surface area contributed by atoms with E-state index in [2.05, 4.69) is 9.47 Å². The highest BCUT2D eigenvalue weighted by Gasteiger charge is 2.43. The van der Waals surface area contributed by atoms with E-state index in [4.69, 9.17) is 0 Å². The Bertz CT molecular complexity index is 573. The zero-order chi connectivity index (χ0) is 15.7. The van der Waals surface area contributed by atoms with E-state index in [1.807, 2.05) is 0 Å². The number of hydrogen-bond donors (Lipinski definition) is 1. The van der Waals surface area contributed by atoms with Crippen molar-refractivity contribution in [1.29, 1.82) is 0 Å². The molecule has 1 heterocycles. The lowest BCUT2D eigenvalue weighted by atomic mass is 10.1.